The summed E-state index contributed by atoms with van der Waals surface area (Å²) in [4.78, 5) is 29.6. The predicted octanol–water partition coefficient (Wildman–Crippen LogP) is 4.05. The predicted molar refractivity (Wildman–Crippen MR) is 97.3 cm³/mol. The second-order valence-electron chi connectivity index (χ2n) is 6.47. The first-order valence-electron chi connectivity index (χ1n) is 8.25. The molecule has 0 radical (unpaired) electrons. The minimum atomic E-state index is -1.13. The van der Waals surface area contributed by atoms with Gasteiger partial charge in [-0.05, 0) is 38.0 Å². The van der Waals surface area contributed by atoms with Gasteiger partial charge in [0.05, 0.1) is 11.2 Å². The number of nitrogens with zero attached hydrogens (tertiary/aromatic N) is 2. The Bertz CT molecular complexity index is 851. The van der Waals surface area contributed by atoms with Crippen molar-refractivity contribution in [2.45, 2.75) is 38.1 Å². The highest BCUT2D eigenvalue weighted by atomic mass is 35.5. The van der Waals surface area contributed by atoms with Crippen LogP contribution in [-0.4, -0.2) is 39.0 Å². The van der Waals surface area contributed by atoms with E-state index in [1.165, 1.54) is 4.90 Å². The fourth-order valence-corrected chi connectivity index (χ4v) is 3.68. The number of aliphatic carboxylic acids is 1. The van der Waals surface area contributed by atoms with E-state index in [0.29, 0.717) is 46.6 Å². The van der Waals surface area contributed by atoms with Crippen LogP contribution >= 0.6 is 23.2 Å². The van der Waals surface area contributed by atoms with Gasteiger partial charge >= 0.3 is 5.97 Å². The molecule has 1 atom stereocenters. The number of likely N-dealkylation sites (tertiary alicyclic amines) is 1. The summed E-state index contributed by atoms with van der Waals surface area (Å²) in [7, 11) is 0. The quantitative estimate of drug-likeness (QED) is 0.823. The molecular formula is C18H18Cl2N2O4. The first-order valence-corrected chi connectivity index (χ1v) is 9.01. The molecule has 1 aromatic heterocycles. The molecule has 1 fully saturated rings. The molecule has 1 N–H and O–H groups in total. The number of rotatable bonds is 5. The van der Waals surface area contributed by atoms with E-state index in [2.05, 4.69) is 4.98 Å². The summed E-state index contributed by atoms with van der Waals surface area (Å²) in [6.07, 6.45) is 3.12. The fraction of sp³-hybridized carbons (Fsp3) is 0.389. The van der Waals surface area contributed by atoms with Crippen LogP contribution in [0.2, 0.25) is 10.0 Å². The summed E-state index contributed by atoms with van der Waals surface area (Å²) >= 11 is 12.0. The van der Waals surface area contributed by atoms with Gasteiger partial charge in [0, 0.05) is 30.0 Å². The van der Waals surface area contributed by atoms with Gasteiger partial charge in [-0.25, -0.2) is 9.78 Å². The number of hydrogen-bond acceptors (Lipinski definition) is 4. The molecule has 0 bridgehead atoms. The van der Waals surface area contributed by atoms with Crippen molar-refractivity contribution in [3.05, 3.63) is 40.3 Å². The summed E-state index contributed by atoms with van der Waals surface area (Å²) in [6.45, 7) is 2.05. The molecule has 2 aromatic rings. The van der Waals surface area contributed by atoms with E-state index in [-0.39, 0.29) is 18.7 Å². The van der Waals surface area contributed by atoms with Crippen molar-refractivity contribution < 1.29 is 19.1 Å². The van der Waals surface area contributed by atoms with E-state index in [1.807, 2.05) is 0 Å². The molecule has 1 aromatic carbocycles. The van der Waals surface area contributed by atoms with E-state index in [1.54, 1.807) is 31.3 Å². The third-order valence-corrected chi connectivity index (χ3v) is 5.25. The number of carbonyl (C=O) groups excluding carboxylic acids is 1. The number of carboxylic acids is 1. The normalized spacial score (nSPS) is 19.7. The van der Waals surface area contributed by atoms with E-state index in [4.69, 9.17) is 27.6 Å². The molecule has 1 aliphatic rings. The van der Waals surface area contributed by atoms with Crippen LogP contribution in [0, 0.1) is 0 Å². The molecule has 0 spiro atoms. The first-order chi connectivity index (χ1) is 12.3. The number of oxazole rings is 1. The van der Waals surface area contributed by atoms with Crippen LogP contribution in [0.25, 0.3) is 11.3 Å². The number of carbonyl (C=O) groups is 2. The van der Waals surface area contributed by atoms with Gasteiger partial charge in [0.15, 0.2) is 11.7 Å². The van der Waals surface area contributed by atoms with Crippen molar-refractivity contribution in [3.63, 3.8) is 0 Å². The summed E-state index contributed by atoms with van der Waals surface area (Å²) in [5.74, 6) is -0.294. The van der Waals surface area contributed by atoms with Crippen molar-refractivity contribution >= 4 is 35.1 Å². The van der Waals surface area contributed by atoms with E-state index in [9.17, 15) is 14.7 Å². The van der Waals surface area contributed by atoms with Crippen molar-refractivity contribution in [1.82, 2.24) is 9.88 Å². The number of halogens is 2. The molecule has 1 aliphatic heterocycles. The molecule has 0 saturated carbocycles. The van der Waals surface area contributed by atoms with Gasteiger partial charge in [-0.1, -0.05) is 23.2 Å². The maximum Gasteiger partial charge on any atom is 0.329 e. The Morgan fingerprint density at radius 2 is 2.15 bits per heavy atom. The zero-order valence-electron chi connectivity index (χ0n) is 14.2. The molecule has 1 saturated heterocycles. The van der Waals surface area contributed by atoms with Gasteiger partial charge in [-0.15, -0.1) is 0 Å². The van der Waals surface area contributed by atoms with Crippen LogP contribution in [0.1, 0.15) is 32.1 Å². The Morgan fingerprint density at radius 1 is 1.38 bits per heavy atom. The lowest BCUT2D eigenvalue weighted by Crippen LogP contribution is -2.50. The number of benzene rings is 1. The molecular weight excluding hydrogens is 379 g/mol. The Kier molecular flexibility index (Phi) is 5.25. The van der Waals surface area contributed by atoms with Gasteiger partial charge in [0.25, 0.3) is 0 Å². The number of hydrogen-bond donors (Lipinski definition) is 1. The van der Waals surface area contributed by atoms with Crippen LogP contribution in [-0.2, 0) is 16.0 Å². The van der Waals surface area contributed by atoms with Crippen LogP contribution in [0.5, 0.6) is 0 Å². The minimum Gasteiger partial charge on any atom is -0.480 e. The van der Waals surface area contributed by atoms with Gasteiger partial charge in [-0.2, -0.15) is 0 Å². The van der Waals surface area contributed by atoms with E-state index < -0.39 is 11.5 Å². The average Bonchev–Trinajstić information content (AvgIpc) is 3.20. The van der Waals surface area contributed by atoms with Gasteiger partial charge in [-0.3, -0.25) is 4.79 Å². The van der Waals surface area contributed by atoms with Crippen molar-refractivity contribution in [2.75, 3.05) is 6.54 Å². The number of aromatic nitrogens is 1. The highest BCUT2D eigenvalue weighted by Gasteiger charge is 2.45. The number of aryl methyl sites for hydroxylation is 1. The van der Waals surface area contributed by atoms with Crippen molar-refractivity contribution in [2.24, 2.45) is 0 Å². The zero-order chi connectivity index (χ0) is 18.9. The van der Waals surface area contributed by atoms with Gasteiger partial charge in [0.1, 0.15) is 5.54 Å². The molecule has 1 amide bonds. The SMILES string of the molecule is CC1(C(=O)O)CCCN1C(=O)CCc1ncc(-c2ccc(Cl)cc2Cl)o1. The molecule has 2 heterocycles. The summed E-state index contributed by atoms with van der Waals surface area (Å²) in [5, 5.41) is 10.4. The smallest absolute Gasteiger partial charge is 0.329 e. The number of amides is 1. The van der Waals surface area contributed by atoms with Crippen LogP contribution in [0.3, 0.4) is 0 Å². The summed E-state index contributed by atoms with van der Waals surface area (Å²) in [5.41, 5.74) is -0.463. The second-order valence-corrected chi connectivity index (χ2v) is 7.31. The molecule has 0 aliphatic carbocycles. The highest BCUT2D eigenvalue weighted by Crippen LogP contribution is 2.32. The van der Waals surface area contributed by atoms with E-state index >= 15 is 0 Å². The molecule has 26 heavy (non-hydrogen) atoms. The Labute approximate surface area is 160 Å². The lowest BCUT2D eigenvalue weighted by atomic mass is 9.99. The lowest BCUT2D eigenvalue weighted by Gasteiger charge is -2.31. The first kappa shape index (κ1) is 18.7. The Morgan fingerprint density at radius 3 is 2.85 bits per heavy atom. The van der Waals surface area contributed by atoms with Crippen LogP contribution in [0.4, 0.5) is 0 Å². The number of carboxylic acid groups (broad SMARTS) is 1. The van der Waals surface area contributed by atoms with Crippen LogP contribution < -0.4 is 0 Å². The highest BCUT2D eigenvalue weighted by molar-refractivity contribution is 6.36. The van der Waals surface area contributed by atoms with Crippen LogP contribution in [0.15, 0.2) is 28.8 Å². The molecule has 8 heteroatoms. The summed E-state index contributed by atoms with van der Waals surface area (Å²) in [6, 6.07) is 5.06. The second kappa shape index (κ2) is 7.29. The van der Waals surface area contributed by atoms with Gasteiger partial charge < -0.3 is 14.4 Å². The molecule has 138 valence electrons. The topological polar surface area (TPSA) is 83.6 Å². The van der Waals surface area contributed by atoms with Gasteiger partial charge in [0.2, 0.25) is 5.91 Å². The van der Waals surface area contributed by atoms with Crippen molar-refractivity contribution in [3.8, 4) is 11.3 Å². The van der Waals surface area contributed by atoms with Crippen molar-refractivity contribution in [1.29, 1.82) is 0 Å². The Hall–Kier alpha value is -2.05. The maximum absolute atomic E-state index is 12.5. The lowest BCUT2D eigenvalue weighted by molar-refractivity contribution is -0.155. The average molecular weight is 397 g/mol. The fourth-order valence-electron chi connectivity index (χ4n) is 3.17. The van der Waals surface area contributed by atoms with E-state index in [0.717, 1.165) is 0 Å². The molecule has 6 nitrogen and oxygen atoms in total. The third-order valence-electron chi connectivity index (χ3n) is 4.71. The Balaban J connectivity index is 1.67. The standard InChI is InChI=1S/C18H18Cl2N2O4/c1-18(17(24)25)7-2-8-22(18)16(23)6-5-15-21-10-14(26-15)12-4-3-11(19)9-13(12)20/h3-4,9-10H,2,5-8H2,1H3,(H,24,25). The molecule has 1 unspecified atom stereocenters. The minimum absolute atomic E-state index is 0.136. The zero-order valence-corrected chi connectivity index (χ0v) is 15.7. The third kappa shape index (κ3) is 3.57. The monoisotopic (exact) mass is 396 g/mol. The maximum atomic E-state index is 12.5. The molecule has 3 rings (SSSR count). The summed E-state index contributed by atoms with van der Waals surface area (Å²) < 4.78 is 5.68. The largest absolute Gasteiger partial charge is 0.480 e.